The van der Waals surface area contributed by atoms with Crippen molar-refractivity contribution in [3.63, 3.8) is 0 Å². The maximum atomic E-state index is 12.3. The Bertz CT molecular complexity index is 767. The van der Waals surface area contributed by atoms with Crippen LogP contribution in [0.5, 0.6) is 5.75 Å². The number of amides is 3. The summed E-state index contributed by atoms with van der Waals surface area (Å²) in [6, 6.07) is 12.5. The van der Waals surface area contributed by atoms with Crippen LogP contribution in [0.3, 0.4) is 0 Å². The predicted octanol–water partition coefficient (Wildman–Crippen LogP) is 2.98. The molecule has 8 heteroatoms. The minimum absolute atomic E-state index is 0.0196. The molecule has 0 aliphatic carbocycles. The molecule has 0 aliphatic rings. The molecule has 0 unspecified atom stereocenters. The van der Waals surface area contributed by atoms with E-state index in [9.17, 15) is 18.4 Å². The number of carbonyl (C=O) groups is 2. The van der Waals surface area contributed by atoms with E-state index in [1.165, 1.54) is 17.0 Å². The third-order valence-corrected chi connectivity index (χ3v) is 3.54. The second-order valence-electron chi connectivity index (χ2n) is 5.61. The largest absolute Gasteiger partial charge is 0.435 e. The number of halogens is 2. The highest BCUT2D eigenvalue weighted by Crippen LogP contribution is 2.18. The van der Waals surface area contributed by atoms with Crippen LogP contribution < -0.4 is 15.8 Å². The number of para-hydroxylation sites is 1. The van der Waals surface area contributed by atoms with Gasteiger partial charge in [0, 0.05) is 19.3 Å². The molecule has 2 aromatic rings. The summed E-state index contributed by atoms with van der Waals surface area (Å²) < 4.78 is 28.6. The lowest BCUT2D eigenvalue weighted by molar-refractivity contribution is -0.117. The molecule has 138 valence electrons. The number of anilines is 1. The summed E-state index contributed by atoms with van der Waals surface area (Å²) >= 11 is 0. The predicted molar refractivity (Wildman–Crippen MR) is 92.9 cm³/mol. The summed E-state index contributed by atoms with van der Waals surface area (Å²) in [5.41, 5.74) is 7.08. The topological polar surface area (TPSA) is 84.7 Å². The van der Waals surface area contributed by atoms with Crippen LogP contribution in [-0.2, 0) is 17.8 Å². The van der Waals surface area contributed by atoms with Gasteiger partial charge in [-0.1, -0.05) is 30.3 Å². The molecule has 2 rings (SSSR count). The van der Waals surface area contributed by atoms with Gasteiger partial charge in [-0.3, -0.25) is 4.79 Å². The number of nitrogens with zero attached hydrogens (tertiary/aromatic N) is 1. The van der Waals surface area contributed by atoms with Crippen LogP contribution in [0.25, 0.3) is 0 Å². The van der Waals surface area contributed by atoms with Crippen LogP contribution in [0.15, 0.2) is 48.5 Å². The number of hydrogen-bond donors (Lipinski definition) is 2. The lowest BCUT2D eigenvalue weighted by Gasteiger charge is -2.19. The number of carbonyl (C=O) groups excluding carboxylic acids is 2. The number of urea groups is 1. The number of ether oxygens (including phenoxy) is 1. The van der Waals surface area contributed by atoms with Gasteiger partial charge in [-0.15, -0.1) is 0 Å². The van der Waals surface area contributed by atoms with Gasteiger partial charge < -0.3 is 20.7 Å². The molecule has 0 fully saturated rings. The maximum absolute atomic E-state index is 12.3. The van der Waals surface area contributed by atoms with E-state index in [0.717, 1.165) is 5.56 Å². The number of nitrogens with two attached hydrogens (primary N) is 1. The molecule has 0 aromatic heterocycles. The van der Waals surface area contributed by atoms with Crippen LogP contribution in [-0.4, -0.2) is 30.5 Å². The SMILES string of the molecule is CN(Cc1ccc(OC(F)F)cc1)C(=O)Nc1ccccc1CC(N)=O. The first kappa shape index (κ1) is 19.2. The van der Waals surface area contributed by atoms with Crippen molar-refractivity contribution in [2.45, 2.75) is 19.6 Å². The highest BCUT2D eigenvalue weighted by Gasteiger charge is 2.13. The zero-order valence-electron chi connectivity index (χ0n) is 14.1. The van der Waals surface area contributed by atoms with E-state index in [4.69, 9.17) is 5.73 Å². The minimum atomic E-state index is -2.88. The van der Waals surface area contributed by atoms with Crippen molar-refractivity contribution in [3.05, 3.63) is 59.7 Å². The van der Waals surface area contributed by atoms with E-state index in [0.29, 0.717) is 11.3 Å². The van der Waals surface area contributed by atoms with Crippen LogP contribution in [0.1, 0.15) is 11.1 Å². The highest BCUT2D eigenvalue weighted by molar-refractivity contribution is 5.91. The average Bonchev–Trinajstić information content (AvgIpc) is 2.57. The first-order valence-corrected chi connectivity index (χ1v) is 7.77. The fourth-order valence-electron chi connectivity index (χ4n) is 2.32. The molecule has 0 aliphatic heterocycles. The first-order chi connectivity index (χ1) is 12.3. The molecule has 0 spiro atoms. The summed E-state index contributed by atoms with van der Waals surface area (Å²) in [4.78, 5) is 24.9. The van der Waals surface area contributed by atoms with Crippen LogP contribution in [0, 0.1) is 0 Å². The minimum Gasteiger partial charge on any atom is -0.435 e. The molecule has 0 heterocycles. The molecule has 0 saturated carbocycles. The van der Waals surface area contributed by atoms with Gasteiger partial charge in [-0.05, 0) is 29.3 Å². The van der Waals surface area contributed by atoms with Crippen LogP contribution in [0.2, 0.25) is 0 Å². The zero-order chi connectivity index (χ0) is 19.1. The Kier molecular flexibility index (Phi) is 6.48. The lowest BCUT2D eigenvalue weighted by atomic mass is 10.1. The second-order valence-corrected chi connectivity index (χ2v) is 5.61. The molecule has 0 radical (unpaired) electrons. The summed E-state index contributed by atoms with van der Waals surface area (Å²) in [7, 11) is 1.59. The number of benzene rings is 2. The van der Waals surface area contributed by atoms with Gasteiger partial charge in [-0.25, -0.2) is 4.79 Å². The number of rotatable bonds is 7. The quantitative estimate of drug-likeness (QED) is 0.793. The van der Waals surface area contributed by atoms with Crippen LogP contribution in [0.4, 0.5) is 19.3 Å². The summed E-state index contributed by atoms with van der Waals surface area (Å²) in [6.45, 7) is -2.62. The van der Waals surface area contributed by atoms with E-state index >= 15 is 0 Å². The van der Waals surface area contributed by atoms with Gasteiger partial charge in [0.25, 0.3) is 0 Å². The maximum Gasteiger partial charge on any atom is 0.387 e. The van der Waals surface area contributed by atoms with Crippen molar-refractivity contribution in [1.29, 1.82) is 0 Å². The Hall–Kier alpha value is -3.16. The zero-order valence-corrected chi connectivity index (χ0v) is 14.1. The molecule has 26 heavy (non-hydrogen) atoms. The molecule has 0 atom stereocenters. The van der Waals surface area contributed by atoms with Gasteiger partial charge in [0.05, 0.1) is 6.42 Å². The molecule has 0 saturated heterocycles. The van der Waals surface area contributed by atoms with Crippen molar-refractivity contribution in [2.24, 2.45) is 5.73 Å². The Morgan fingerprint density at radius 3 is 2.42 bits per heavy atom. The number of alkyl halides is 2. The number of primary amides is 1. The van der Waals surface area contributed by atoms with Crippen molar-refractivity contribution in [1.82, 2.24) is 4.90 Å². The van der Waals surface area contributed by atoms with E-state index < -0.39 is 12.5 Å². The third kappa shape index (κ3) is 5.73. The monoisotopic (exact) mass is 363 g/mol. The van der Waals surface area contributed by atoms with Crippen molar-refractivity contribution < 1.29 is 23.1 Å². The molecule has 3 amide bonds. The Balaban J connectivity index is 1.99. The molecule has 0 bridgehead atoms. The Morgan fingerprint density at radius 2 is 1.81 bits per heavy atom. The number of nitrogens with one attached hydrogen (secondary N) is 1. The summed E-state index contributed by atoms with van der Waals surface area (Å²) in [5, 5.41) is 2.73. The fraction of sp³-hybridized carbons (Fsp3) is 0.222. The van der Waals surface area contributed by atoms with Crippen LogP contribution >= 0.6 is 0 Å². The summed E-state index contributed by atoms with van der Waals surface area (Å²) in [5.74, 6) is -0.442. The molecular formula is C18H19F2N3O3. The van der Waals surface area contributed by atoms with E-state index in [-0.39, 0.29) is 24.7 Å². The smallest absolute Gasteiger partial charge is 0.387 e. The molecule has 2 aromatic carbocycles. The van der Waals surface area contributed by atoms with E-state index in [1.54, 1.807) is 43.4 Å². The molecule has 3 N–H and O–H groups in total. The van der Waals surface area contributed by atoms with Crippen molar-refractivity contribution in [2.75, 3.05) is 12.4 Å². The normalized spacial score (nSPS) is 10.5. The summed E-state index contributed by atoms with van der Waals surface area (Å²) in [6.07, 6.45) is 0.0196. The Morgan fingerprint density at radius 1 is 1.15 bits per heavy atom. The second kappa shape index (κ2) is 8.80. The highest BCUT2D eigenvalue weighted by atomic mass is 19.3. The van der Waals surface area contributed by atoms with Gasteiger partial charge >= 0.3 is 12.6 Å². The van der Waals surface area contributed by atoms with Gasteiger partial charge in [0.15, 0.2) is 0 Å². The van der Waals surface area contributed by atoms with Gasteiger partial charge in [0.2, 0.25) is 5.91 Å². The van der Waals surface area contributed by atoms with E-state index in [1.807, 2.05) is 0 Å². The van der Waals surface area contributed by atoms with E-state index in [2.05, 4.69) is 10.1 Å². The average molecular weight is 363 g/mol. The third-order valence-electron chi connectivity index (χ3n) is 3.54. The molecular weight excluding hydrogens is 344 g/mol. The molecule has 6 nitrogen and oxygen atoms in total. The lowest BCUT2D eigenvalue weighted by Crippen LogP contribution is -2.31. The van der Waals surface area contributed by atoms with Crippen molar-refractivity contribution >= 4 is 17.6 Å². The van der Waals surface area contributed by atoms with Gasteiger partial charge in [0.1, 0.15) is 5.75 Å². The standard InChI is InChI=1S/C18H19F2N3O3/c1-23(11-12-6-8-14(9-7-12)26-17(19)20)18(25)22-15-5-3-2-4-13(15)10-16(21)24/h2-9,17H,10-11H2,1H3,(H2,21,24)(H,22,25). The Labute approximate surface area is 149 Å². The van der Waals surface area contributed by atoms with Crippen molar-refractivity contribution in [3.8, 4) is 5.75 Å². The fourth-order valence-corrected chi connectivity index (χ4v) is 2.32. The number of hydrogen-bond acceptors (Lipinski definition) is 3. The first-order valence-electron chi connectivity index (χ1n) is 7.77. The van der Waals surface area contributed by atoms with Gasteiger partial charge in [-0.2, -0.15) is 8.78 Å².